The maximum absolute atomic E-state index is 13.0. The highest BCUT2D eigenvalue weighted by Crippen LogP contribution is 2.45. The highest BCUT2D eigenvalue weighted by atomic mass is 28.4. The summed E-state index contributed by atoms with van der Waals surface area (Å²) < 4.78 is 6.46. The van der Waals surface area contributed by atoms with Gasteiger partial charge in [-0.3, -0.25) is 9.59 Å². The normalized spacial score (nSPS) is 29.9. The molecule has 2 amide bonds. The lowest BCUT2D eigenvalue weighted by Crippen LogP contribution is -2.43. The van der Waals surface area contributed by atoms with Crippen molar-refractivity contribution in [2.75, 3.05) is 24.6 Å². The fraction of sp³-hybridized carbons (Fsp3) is 0.692. The fourth-order valence-electron chi connectivity index (χ4n) is 6.32. The van der Waals surface area contributed by atoms with Crippen LogP contribution in [0.1, 0.15) is 51.0 Å². The largest absolute Gasteiger partial charge is 0.432 e. The van der Waals surface area contributed by atoms with Crippen molar-refractivity contribution in [1.82, 2.24) is 4.90 Å². The van der Waals surface area contributed by atoms with Crippen molar-refractivity contribution in [3.63, 3.8) is 0 Å². The van der Waals surface area contributed by atoms with E-state index in [0.29, 0.717) is 13.0 Å². The predicted octanol–water partition coefficient (Wildman–Crippen LogP) is 3.09. The number of amides is 2. The molecular weight excluding hydrogens is 448 g/mol. The first-order valence-corrected chi connectivity index (χ1v) is 15.9. The fourth-order valence-corrected chi connectivity index (χ4v) is 8.93. The molecule has 3 aliphatic rings. The Morgan fingerprint density at radius 1 is 1.15 bits per heavy atom. The number of ether oxygens (including phenoxy) is 1. The molecule has 0 unspecified atom stereocenters. The standard InChI is InChI=1S/C26H40N2O5Si/c1-18-22(13-10-19-8-11-20(12-9-19)27-15-5-7-24(27)30)33-23(26(18)34(2,3)32)16-25(31)28-14-4-6-21(28)17-29/h8-9,11-12,18,21-23,26,29,32H,4-7,10,13-17H2,1-3H3/t18-,21+,22+,23-,26+/m1/s1. The molecule has 0 spiro atoms. The van der Waals surface area contributed by atoms with Gasteiger partial charge < -0.3 is 24.4 Å². The first-order chi connectivity index (χ1) is 16.2. The van der Waals surface area contributed by atoms with Gasteiger partial charge in [0, 0.05) is 30.7 Å². The Morgan fingerprint density at radius 3 is 2.50 bits per heavy atom. The molecular formula is C26H40N2O5Si. The van der Waals surface area contributed by atoms with Gasteiger partial charge in [-0.1, -0.05) is 19.1 Å². The van der Waals surface area contributed by atoms with E-state index in [0.717, 1.165) is 44.3 Å². The van der Waals surface area contributed by atoms with Gasteiger partial charge >= 0.3 is 0 Å². The van der Waals surface area contributed by atoms with Crippen LogP contribution in [0.3, 0.4) is 0 Å². The first kappa shape index (κ1) is 25.4. The molecule has 4 rings (SSSR count). The van der Waals surface area contributed by atoms with Gasteiger partial charge in [0.15, 0.2) is 8.32 Å². The number of aryl methyl sites for hydroxylation is 1. The number of nitrogens with zero attached hydrogens (tertiary/aromatic N) is 2. The quantitative estimate of drug-likeness (QED) is 0.549. The number of carbonyl (C=O) groups excluding carboxylic acids is 2. The molecule has 8 heteroatoms. The van der Waals surface area contributed by atoms with Gasteiger partial charge in [-0.15, -0.1) is 0 Å². The van der Waals surface area contributed by atoms with Crippen LogP contribution in [0, 0.1) is 5.92 Å². The smallest absolute Gasteiger partial charge is 0.227 e. The van der Waals surface area contributed by atoms with Crippen molar-refractivity contribution in [2.45, 2.75) is 88.8 Å². The van der Waals surface area contributed by atoms with Gasteiger partial charge in [0.25, 0.3) is 0 Å². The molecule has 2 N–H and O–H groups in total. The molecule has 3 saturated heterocycles. The third-order valence-electron chi connectivity index (χ3n) is 8.04. The van der Waals surface area contributed by atoms with Gasteiger partial charge in [0.05, 0.1) is 31.3 Å². The first-order valence-electron chi connectivity index (χ1n) is 12.9. The van der Waals surface area contributed by atoms with E-state index in [1.54, 1.807) is 4.90 Å². The zero-order valence-electron chi connectivity index (χ0n) is 20.8. The van der Waals surface area contributed by atoms with E-state index < -0.39 is 8.32 Å². The van der Waals surface area contributed by atoms with Crippen molar-refractivity contribution in [3.05, 3.63) is 29.8 Å². The SMILES string of the molecule is C[C@H]1[C@H]([Si](C)(C)O)[C@@H](CC(=O)N2CCC[C@H]2CO)O[C@H]1CCc1ccc(N2CCCC2=O)cc1. The molecule has 1 aromatic rings. The summed E-state index contributed by atoms with van der Waals surface area (Å²) in [4.78, 5) is 39.7. The monoisotopic (exact) mass is 488 g/mol. The lowest BCUT2D eigenvalue weighted by molar-refractivity contribution is -0.135. The van der Waals surface area contributed by atoms with Gasteiger partial charge in [-0.2, -0.15) is 0 Å². The highest BCUT2D eigenvalue weighted by molar-refractivity contribution is 6.71. The predicted molar refractivity (Wildman–Crippen MR) is 134 cm³/mol. The molecule has 3 aliphatic heterocycles. The second-order valence-corrected chi connectivity index (χ2v) is 14.8. The number of hydrogen-bond acceptors (Lipinski definition) is 5. The Bertz CT molecular complexity index is 871. The molecule has 0 bridgehead atoms. The van der Waals surface area contributed by atoms with Crippen LogP contribution >= 0.6 is 0 Å². The van der Waals surface area contributed by atoms with E-state index >= 15 is 0 Å². The molecule has 0 aliphatic carbocycles. The van der Waals surface area contributed by atoms with Crippen molar-refractivity contribution in [1.29, 1.82) is 0 Å². The molecule has 188 valence electrons. The molecule has 3 heterocycles. The van der Waals surface area contributed by atoms with Gasteiger partial charge in [0.2, 0.25) is 11.8 Å². The number of rotatable bonds is 8. The lowest BCUT2D eigenvalue weighted by atomic mass is 9.95. The second kappa shape index (κ2) is 10.5. The second-order valence-electron chi connectivity index (χ2n) is 10.9. The molecule has 3 fully saturated rings. The van der Waals surface area contributed by atoms with Crippen LogP contribution in [0.4, 0.5) is 5.69 Å². The summed E-state index contributed by atoms with van der Waals surface area (Å²) in [6, 6.07) is 8.15. The number of anilines is 1. The summed E-state index contributed by atoms with van der Waals surface area (Å²) in [6.45, 7) is 7.54. The van der Waals surface area contributed by atoms with E-state index in [2.05, 4.69) is 19.1 Å². The summed E-state index contributed by atoms with van der Waals surface area (Å²) in [5, 5.41) is 9.60. The third kappa shape index (κ3) is 5.40. The number of aliphatic hydroxyl groups is 1. The van der Waals surface area contributed by atoms with E-state index in [-0.39, 0.29) is 54.6 Å². The third-order valence-corrected chi connectivity index (χ3v) is 10.6. The molecule has 5 atom stereocenters. The Balaban J connectivity index is 1.38. The summed E-state index contributed by atoms with van der Waals surface area (Å²) in [5.74, 6) is 0.408. The summed E-state index contributed by atoms with van der Waals surface area (Å²) in [5.41, 5.74) is 2.16. The lowest BCUT2D eigenvalue weighted by Gasteiger charge is -2.31. The molecule has 0 aromatic heterocycles. The number of aliphatic hydroxyl groups excluding tert-OH is 1. The summed E-state index contributed by atoms with van der Waals surface area (Å²) in [7, 11) is -2.54. The van der Waals surface area contributed by atoms with Crippen LogP contribution in [-0.2, 0) is 20.7 Å². The Hall–Kier alpha value is -1.74. The average Bonchev–Trinajstić information content (AvgIpc) is 3.51. The van der Waals surface area contributed by atoms with E-state index in [1.807, 2.05) is 30.1 Å². The van der Waals surface area contributed by atoms with E-state index in [4.69, 9.17) is 4.74 Å². The van der Waals surface area contributed by atoms with Crippen LogP contribution in [-0.4, -0.2) is 72.9 Å². The van der Waals surface area contributed by atoms with Crippen molar-refractivity contribution in [2.24, 2.45) is 5.92 Å². The maximum Gasteiger partial charge on any atom is 0.227 e. The van der Waals surface area contributed by atoms with E-state index in [1.165, 1.54) is 5.56 Å². The van der Waals surface area contributed by atoms with Crippen molar-refractivity contribution in [3.8, 4) is 0 Å². The zero-order chi connectivity index (χ0) is 24.5. The molecule has 1 aromatic carbocycles. The summed E-state index contributed by atoms with van der Waals surface area (Å²) in [6.07, 6.45) is 5.00. The molecule has 34 heavy (non-hydrogen) atoms. The van der Waals surface area contributed by atoms with Crippen LogP contribution in [0.2, 0.25) is 18.6 Å². The van der Waals surface area contributed by atoms with Gasteiger partial charge in [0.1, 0.15) is 0 Å². The zero-order valence-corrected chi connectivity index (χ0v) is 21.8. The topological polar surface area (TPSA) is 90.3 Å². The van der Waals surface area contributed by atoms with Gasteiger partial charge in [-0.05, 0) is 68.8 Å². The highest BCUT2D eigenvalue weighted by Gasteiger charge is 2.50. The maximum atomic E-state index is 13.0. The average molecular weight is 489 g/mol. The number of likely N-dealkylation sites (tertiary alicyclic amines) is 1. The van der Waals surface area contributed by atoms with Crippen LogP contribution in [0.15, 0.2) is 24.3 Å². The van der Waals surface area contributed by atoms with Gasteiger partial charge in [-0.25, -0.2) is 0 Å². The number of hydrogen-bond donors (Lipinski definition) is 2. The Labute approximate surface area is 204 Å². The minimum Gasteiger partial charge on any atom is -0.432 e. The van der Waals surface area contributed by atoms with Crippen molar-refractivity contribution >= 4 is 25.8 Å². The number of benzene rings is 1. The Kier molecular flexibility index (Phi) is 7.81. The Morgan fingerprint density at radius 2 is 1.88 bits per heavy atom. The van der Waals surface area contributed by atoms with Crippen LogP contribution in [0.5, 0.6) is 0 Å². The van der Waals surface area contributed by atoms with Crippen LogP contribution < -0.4 is 4.90 Å². The van der Waals surface area contributed by atoms with E-state index in [9.17, 15) is 19.5 Å². The number of carbonyl (C=O) groups is 2. The van der Waals surface area contributed by atoms with Crippen molar-refractivity contribution < 1.29 is 24.2 Å². The minimum absolute atomic E-state index is 0.000171. The van der Waals surface area contributed by atoms with Crippen LogP contribution in [0.25, 0.3) is 0 Å². The molecule has 7 nitrogen and oxygen atoms in total. The molecule has 0 saturated carbocycles. The molecule has 0 radical (unpaired) electrons. The minimum atomic E-state index is -2.54. The summed E-state index contributed by atoms with van der Waals surface area (Å²) >= 11 is 0.